The predicted molar refractivity (Wildman–Crippen MR) is 47.3 cm³/mol. The minimum Gasteiger partial charge on any atom is -0.323 e. The topological polar surface area (TPSA) is 63.6 Å². The van der Waals surface area contributed by atoms with Crippen molar-refractivity contribution in [1.82, 2.24) is 19.9 Å². The van der Waals surface area contributed by atoms with E-state index in [9.17, 15) is 0 Å². The van der Waals surface area contributed by atoms with E-state index in [1.165, 1.54) is 12.7 Å². The average molecular weight is 173 g/mol. The Bertz CT molecular complexity index is 323. The standard InChI is InChI=1S/C8H7N5/c1-2-7(4-9-3-1)13-8-11-5-10-6-12-8/h1-6H,(H,10,11,12,13). The maximum atomic E-state index is 3.95. The first-order valence-electron chi connectivity index (χ1n) is 3.74. The summed E-state index contributed by atoms with van der Waals surface area (Å²) in [5.41, 5.74) is 0.855. The molecular weight excluding hydrogens is 166 g/mol. The highest BCUT2D eigenvalue weighted by atomic mass is 15.1. The molecule has 0 fully saturated rings. The lowest BCUT2D eigenvalue weighted by atomic mass is 10.4. The Labute approximate surface area is 74.9 Å². The highest BCUT2D eigenvalue weighted by molar-refractivity contribution is 5.50. The normalized spacial score (nSPS) is 9.54. The Balaban J connectivity index is 2.16. The van der Waals surface area contributed by atoms with Crippen molar-refractivity contribution in [2.24, 2.45) is 0 Å². The Hall–Kier alpha value is -2.04. The summed E-state index contributed by atoms with van der Waals surface area (Å²) in [6, 6.07) is 3.72. The van der Waals surface area contributed by atoms with E-state index in [4.69, 9.17) is 0 Å². The Morgan fingerprint density at radius 2 is 1.92 bits per heavy atom. The zero-order valence-corrected chi connectivity index (χ0v) is 6.75. The van der Waals surface area contributed by atoms with Gasteiger partial charge in [0, 0.05) is 6.20 Å². The molecule has 0 aliphatic carbocycles. The molecule has 0 atom stereocenters. The van der Waals surface area contributed by atoms with Crippen LogP contribution in [0.4, 0.5) is 11.6 Å². The molecule has 13 heavy (non-hydrogen) atoms. The summed E-state index contributed by atoms with van der Waals surface area (Å²) in [5.74, 6) is 0.517. The first kappa shape index (κ1) is 7.60. The number of hydrogen-bond acceptors (Lipinski definition) is 5. The summed E-state index contributed by atoms with van der Waals surface area (Å²) >= 11 is 0. The SMILES string of the molecule is c1cncc(Nc2ncncn2)c1. The van der Waals surface area contributed by atoms with Crippen molar-refractivity contribution in [3.05, 3.63) is 37.2 Å². The van der Waals surface area contributed by atoms with Gasteiger partial charge >= 0.3 is 0 Å². The second kappa shape index (κ2) is 3.57. The van der Waals surface area contributed by atoms with Gasteiger partial charge in [-0.15, -0.1) is 0 Å². The minimum absolute atomic E-state index is 0.517. The van der Waals surface area contributed by atoms with Crippen molar-refractivity contribution in [2.75, 3.05) is 5.32 Å². The van der Waals surface area contributed by atoms with Gasteiger partial charge in [-0.3, -0.25) is 4.98 Å². The number of pyridine rings is 1. The quantitative estimate of drug-likeness (QED) is 0.734. The molecule has 2 rings (SSSR count). The first-order chi connectivity index (χ1) is 6.45. The number of aromatic nitrogens is 4. The zero-order valence-electron chi connectivity index (χ0n) is 6.75. The summed E-state index contributed by atoms with van der Waals surface area (Å²) in [5, 5.41) is 2.98. The average Bonchev–Trinajstić information content (AvgIpc) is 2.21. The number of hydrogen-bond donors (Lipinski definition) is 1. The van der Waals surface area contributed by atoms with Crippen LogP contribution in [0, 0.1) is 0 Å². The maximum absolute atomic E-state index is 3.95. The first-order valence-corrected chi connectivity index (χ1v) is 3.74. The van der Waals surface area contributed by atoms with Gasteiger partial charge in [-0.25, -0.2) is 15.0 Å². The third-order valence-corrected chi connectivity index (χ3v) is 1.41. The monoisotopic (exact) mass is 173 g/mol. The Kier molecular flexibility index (Phi) is 2.09. The third-order valence-electron chi connectivity index (χ3n) is 1.41. The van der Waals surface area contributed by atoms with Gasteiger partial charge < -0.3 is 5.32 Å². The molecule has 0 saturated heterocycles. The van der Waals surface area contributed by atoms with Crippen LogP contribution in [-0.2, 0) is 0 Å². The van der Waals surface area contributed by atoms with Crippen molar-refractivity contribution < 1.29 is 0 Å². The molecule has 5 nitrogen and oxygen atoms in total. The van der Waals surface area contributed by atoms with Crippen LogP contribution in [0.1, 0.15) is 0 Å². The van der Waals surface area contributed by atoms with E-state index in [0.717, 1.165) is 5.69 Å². The molecule has 0 aromatic carbocycles. The maximum Gasteiger partial charge on any atom is 0.230 e. The molecule has 0 spiro atoms. The summed E-state index contributed by atoms with van der Waals surface area (Å²) in [6.07, 6.45) is 6.28. The van der Waals surface area contributed by atoms with Gasteiger partial charge in [0.1, 0.15) is 12.7 Å². The van der Waals surface area contributed by atoms with Crippen LogP contribution in [0.25, 0.3) is 0 Å². The zero-order chi connectivity index (χ0) is 8.93. The predicted octanol–water partition coefficient (Wildman–Crippen LogP) is 1.01. The second-order valence-electron chi connectivity index (χ2n) is 2.33. The lowest BCUT2D eigenvalue weighted by Crippen LogP contribution is -1.96. The molecule has 0 radical (unpaired) electrons. The van der Waals surface area contributed by atoms with Crippen molar-refractivity contribution in [2.45, 2.75) is 0 Å². The second-order valence-corrected chi connectivity index (χ2v) is 2.33. The summed E-state index contributed by atoms with van der Waals surface area (Å²) < 4.78 is 0. The van der Waals surface area contributed by atoms with Gasteiger partial charge in [-0.2, -0.15) is 0 Å². The largest absolute Gasteiger partial charge is 0.323 e. The molecule has 1 N–H and O–H groups in total. The molecule has 0 saturated carbocycles. The van der Waals surface area contributed by atoms with E-state index in [2.05, 4.69) is 25.3 Å². The van der Waals surface area contributed by atoms with Gasteiger partial charge in [-0.1, -0.05) is 0 Å². The number of rotatable bonds is 2. The summed E-state index contributed by atoms with van der Waals surface area (Å²) in [6.45, 7) is 0. The lowest BCUT2D eigenvalue weighted by molar-refractivity contribution is 1.05. The van der Waals surface area contributed by atoms with Crippen LogP contribution in [-0.4, -0.2) is 19.9 Å². The van der Waals surface area contributed by atoms with Crippen LogP contribution in [0.2, 0.25) is 0 Å². The molecule has 2 aromatic rings. The van der Waals surface area contributed by atoms with E-state index >= 15 is 0 Å². The number of anilines is 2. The van der Waals surface area contributed by atoms with Crippen LogP contribution in [0.3, 0.4) is 0 Å². The fraction of sp³-hybridized carbons (Fsp3) is 0. The summed E-state index contributed by atoms with van der Waals surface area (Å²) in [7, 11) is 0. The van der Waals surface area contributed by atoms with Crippen molar-refractivity contribution in [3.63, 3.8) is 0 Å². The summed E-state index contributed by atoms with van der Waals surface area (Å²) in [4.78, 5) is 15.5. The van der Waals surface area contributed by atoms with Crippen LogP contribution < -0.4 is 5.32 Å². The molecule has 0 aliphatic rings. The molecule has 0 amide bonds. The Morgan fingerprint density at radius 3 is 2.62 bits per heavy atom. The van der Waals surface area contributed by atoms with Gasteiger partial charge in [0.25, 0.3) is 0 Å². The van der Waals surface area contributed by atoms with Crippen LogP contribution in [0.15, 0.2) is 37.2 Å². The minimum atomic E-state index is 0.517. The number of nitrogens with one attached hydrogen (secondary N) is 1. The molecule has 0 bridgehead atoms. The highest BCUT2D eigenvalue weighted by Gasteiger charge is 1.93. The van der Waals surface area contributed by atoms with E-state index in [-0.39, 0.29) is 0 Å². The van der Waals surface area contributed by atoms with Crippen molar-refractivity contribution >= 4 is 11.6 Å². The fourth-order valence-electron chi connectivity index (χ4n) is 0.870. The van der Waals surface area contributed by atoms with Gasteiger partial charge in [-0.05, 0) is 12.1 Å². The van der Waals surface area contributed by atoms with Crippen LogP contribution in [0.5, 0.6) is 0 Å². The van der Waals surface area contributed by atoms with Gasteiger partial charge in [0.05, 0.1) is 11.9 Å². The molecular formula is C8H7N5. The number of nitrogens with zero attached hydrogens (tertiary/aromatic N) is 4. The molecule has 2 heterocycles. The fourth-order valence-corrected chi connectivity index (χ4v) is 0.870. The van der Waals surface area contributed by atoms with E-state index in [1.807, 2.05) is 12.1 Å². The molecule has 5 heteroatoms. The molecule has 0 unspecified atom stereocenters. The van der Waals surface area contributed by atoms with Crippen LogP contribution >= 0.6 is 0 Å². The molecule has 0 aliphatic heterocycles. The van der Waals surface area contributed by atoms with Gasteiger partial charge in [0.2, 0.25) is 5.95 Å². The highest BCUT2D eigenvalue weighted by Crippen LogP contribution is 2.07. The van der Waals surface area contributed by atoms with Crippen molar-refractivity contribution in [1.29, 1.82) is 0 Å². The van der Waals surface area contributed by atoms with Crippen molar-refractivity contribution in [3.8, 4) is 0 Å². The lowest BCUT2D eigenvalue weighted by Gasteiger charge is -2.01. The van der Waals surface area contributed by atoms with E-state index < -0.39 is 0 Å². The third kappa shape index (κ3) is 1.96. The Morgan fingerprint density at radius 1 is 1.08 bits per heavy atom. The molecule has 64 valence electrons. The van der Waals surface area contributed by atoms with E-state index in [1.54, 1.807) is 12.4 Å². The van der Waals surface area contributed by atoms with Gasteiger partial charge in [0.15, 0.2) is 0 Å². The van der Waals surface area contributed by atoms with E-state index in [0.29, 0.717) is 5.95 Å². The molecule has 2 aromatic heterocycles. The smallest absolute Gasteiger partial charge is 0.230 e.